The maximum atomic E-state index is 12.7. The number of nitrogen functional groups attached to an aromatic ring is 1. The summed E-state index contributed by atoms with van der Waals surface area (Å²) >= 11 is 0. The summed E-state index contributed by atoms with van der Waals surface area (Å²) in [5.74, 6) is 2.10. The Morgan fingerprint density at radius 1 is 1.18 bits per heavy atom. The van der Waals surface area contributed by atoms with Gasteiger partial charge in [0, 0.05) is 51.3 Å². The first-order valence-corrected chi connectivity index (χ1v) is 11.0. The number of urea groups is 1. The van der Waals surface area contributed by atoms with Crippen LogP contribution < -0.4 is 20.7 Å². The number of nitrogens with one attached hydrogen (secondary N) is 1. The highest BCUT2D eigenvalue weighted by Crippen LogP contribution is 2.27. The van der Waals surface area contributed by atoms with Gasteiger partial charge in [0.15, 0.2) is 11.6 Å². The fourth-order valence-electron chi connectivity index (χ4n) is 3.60. The number of aromatic nitrogens is 5. The van der Waals surface area contributed by atoms with E-state index in [1.807, 2.05) is 23.0 Å². The van der Waals surface area contributed by atoms with Gasteiger partial charge in [-0.2, -0.15) is 5.10 Å². The molecule has 0 aromatic carbocycles. The third-order valence-electron chi connectivity index (χ3n) is 5.16. The number of amides is 2. The fraction of sp³-hybridized carbons (Fsp3) is 0.409. The Labute approximate surface area is 192 Å². The van der Waals surface area contributed by atoms with Gasteiger partial charge in [-0.1, -0.05) is 13.8 Å². The van der Waals surface area contributed by atoms with E-state index in [-0.39, 0.29) is 18.6 Å². The standard InChI is InChI=1S/C22H29N9O2/c1-16(2)13-31-14-18(12-26-31)28-22(32)30-10-8-29(9-11-30)20-19(4-3-6-24-20)33-15-17-5-7-25-21(23)27-17/h3-7,12,14,16H,8-11,13,15H2,1-2H3,(H,28,32)(H2,23,25,27). The van der Waals surface area contributed by atoms with Crippen molar-refractivity contribution in [1.82, 2.24) is 29.6 Å². The summed E-state index contributed by atoms with van der Waals surface area (Å²) in [5.41, 5.74) is 7.03. The number of carbonyl (C=O) groups is 1. The Morgan fingerprint density at radius 2 is 2.00 bits per heavy atom. The van der Waals surface area contributed by atoms with Gasteiger partial charge in [0.1, 0.15) is 6.61 Å². The first kappa shape index (κ1) is 22.3. The van der Waals surface area contributed by atoms with Gasteiger partial charge < -0.3 is 25.6 Å². The predicted molar refractivity (Wildman–Crippen MR) is 125 cm³/mol. The molecule has 11 nitrogen and oxygen atoms in total. The van der Waals surface area contributed by atoms with E-state index in [1.165, 1.54) is 0 Å². The van der Waals surface area contributed by atoms with Crippen molar-refractivity contribution in [3.63, 3.8) is 0 Å². The molecule has 0 saturated carbocycles. The van der Waals surface area contributed by atoms with Crippen LogP contribution in [-0.2, 0) is 13.2 Å². The molecular weight excluding hydrogens is 422 g/mol. The first-order valence-electron chi connectivity index (χ1n) is 11.0. The van der Waals surface area contributed by atoms with Crippen LogP contribution in [0, 0.1) is 5.92 Å². The molecule has 33 heavy (non-hydrogen) atoms. The van der Waals surface area contributed by atoms with Crippen LogP contribution in [0.25, 0.3) is 0 Å². The van der Waals surface area contributed by atoms with Crippen LogP contribution in [0.3, 0.4) is 0 Å². The van der Waals surface area contributed by atoms with E-state index in [4.69, 9.17) is 10.5 Å². The summed E-state index contributed by atoms with van der Waals surface area (Å²) in [6, 6.07) is 5.34. The molecule has 1 saturated heterocycles. The number of hydrogen-bond acceptors (Lipinski definition) is 8. The van der Waals surface area contributed by atoms with Crippen molar-refractivity contribution >= 4 is 23.5 Å². The maximum Gasteiger partial charge on any atom is 0.322 e. The number of nitrogens with zero attached hydrogens (tertiary/aromatic N) is 7. The Morgan fingerprint density at radius 3 is 2.76 bits per heavy atom. The molecule has 1 aliphatic rings. The number of hydrogen-bond donors (Lipinski definition) is 2. The van der Waals surface area contributed by atoms with E-state index in [1.54, 1.807) is 29.6 Å². The molecule has 1 aliphatic heterocycles. The third-order valence-corrected chi connectivity index (χ3v) is 5.16. The summed E-state index contributed by atoms with van der Waals surface area (Å²) in [5, 5.41) is 7.24. The highest BCUT2D eigenvalue weighted by Gasteiger charge is 2.24. The van der Waals surface area contributed by atoms with Gasteiger partial charge >= 0.3 is 6.03 Å². The van der Waals surface area contributed by atoms with Crippen LogP contribution in [0.2, 0.25) is 0 Å². The normalized spacial score (nSPS) is 13.9. The average Bonchev–Trinajstić information content (AvgIpc) is 3.24. The highest BCUT2D eigenvalue weighted by atomic mass is 16.5. The smallest absolute Gasteiger partial charge is 0.322 e. The van der Waals surface area contributed by atoms with Crippen molar-refractivity contribution < 1.29 is 9.53 Å². The third kappa shape index (κ3) is 5.88. The summed E-state index contributed by atoms with van der Waals surface area (Å²) in [6.45, 7) is 7.77. The van der Waals surface area contributed by atoms with Gasteiger partial charge in [-0.25, -0.2) is 19.7 Å². The summed E-state index contributed by atoms with van der Waals surface area (Å²) in [6.07, 6.45) is 6.87. The zero-order valence-electron chi connectivity index (χ0n) is 18.9. The molecule has 0 atom stereocenters. The van der Waals surface area contributed by atoms with Crippen molar-refractivity contribution in [1.29, 1.82) is 0 Å². The first-order chi connectivity index (χ1) is 16.0. The van der Waals surface area contributed by atoms with Gasteiger partial charge in [-0.3, -0.25) is 4.68 Å². The lowest BCUT2D eigenvalue weighted by molar-refractivity contribution is 0.208. The maximum absolute atomic E-state index is 12.7. The number of anilines is 3. The van der Waals surface area contributed by atoms with E-state index >= 15 is 0 Å². The Kier molecular flexibility index (Phi) is 6.86. The van der Waals surface area contributed by atoms with Crippen LogP contribution in [0.4, 0.5) is 22.2 Å². The van der Waals surface area contributed by atoms with Crippen molar-refractivity contribution in [3.8, 4) is 5.75 Å². The van der Waals surface area contributed by atoms with Crippen LogP contribution in [-0.4, -0.2) is 61.8 Å². The lowest BCUT2D eigenvalue weighted by atomic mass is 10.2. The predicted octanol–water partition coefficient (Wildman–Crippen LogP) is 2.24. The molecule has 4 heterocycles. The average molecular weight is 452 g/mol. The molecule has 0 spiro atoms. The minimum atomic E-state index is -0.127. The highest BCUT2D eigenvalue weighted by molar-refractivity contribution is 5.89. The molecule has 2 amide bonds. The lowest BCUT2D eigenvalue weighted by Crippen LogP contribution is -2.50. The molecule has 0 bridgehead atoms. The quantitative estimate of drug-likeness (QED) is 0.560. The molecule has 1 fully saturated rings. The molecule has 3 N–H and O–H groups in total. The van der Waals surface area contributed by atoms with Gasteiger partial charge in [-0.15, -0.1) is 0 Å². The summed E-state index contributed by atoms with van der Waals surface area (Å²) in [7, 11) is 0. The van der Waals surface area contributed by atoms with Gasteiger partial charge in [0.25, 0.3) is 0 Å². The zero-order valence-corrected chi connectivity index (χ0v) is 18.9. The molecule has 174 valence electrons. The van der Waals surface area contributed by atoms with Crippen LogP contribution in [0.1, 0.15) is 19.5 Å². The molecule has 11 heteroatoms. The van der Waals surface area contributed by atoms with E-state index in [0.717, 1.165) is 12.4 Å². The zero-order chi connectivity index (χ0) is 23.2. The number of carbonyl (C=O) groups excluding carboxylic acids is 1. The van der Waals surface area contributed by atoms with E-state index in [2.05, 4.69) is 44.1 Å². The molecule has 0 unspecified atom stereocenters. The minimum absolute atomic E-state index is 0.127. The van der Waals surface area contributed by atoms with Crippen LogP contribution in [0.5, 0.6) is 5.75 Å². The second kappa shape index (κ2) is 10.2. The number of piperazine rings is 1. The Hall–Kier alpha value is -3.89. The van der Waals surface area contributed by atoms with E-state index < -0.39 is 0 Å². The minimum Gasteiger partial charge on any atom is -0.483 e. The largest absolute Gasteiger partial charge is 0.483 e. The van der Waals surface area contributed by atoms with Crippen LogP contribution in [0.15, 0.2) is 43.0 Å². The second-order valence-electron chi connectivity index (χ2n) is 8.27. The Balaban J connectivity index is 1.32. The van der Waals surface area contributed by atoms with Crippen molar-refractivity contribution in [2.24, 2.45) is 5.92 Å². The van der Waals surface area contributed by atoms with Gasteiger partial charge in [-0.05, 0) is 24.1 Å². The van der Waals surface area contributed by atoms with E-state index in [0.29, 0.717) is 49.2 Å². The summed E-state index contributed by atoms with van der Waals surface area (Å²) < 4.78 is 7.81. The molecule has 0 aliphatic carbocycles. The SMILES string of the molecule is CC(C)Cn1cc(NC(=O)N2CCN(c3ncccc3OCc3ccnc(N)n3)CC2)cn1. The Bertz CT molecular complexity index is 1080. The van der Waals surface area contributed by atoms with Crippen LogP contribution >= 0.6 is 0 Å². The molecule has 3 aromatic heterocycles. The monoisotopic (exact) mass is 451 g/mol. The van der Waals surface area contributed by atoms with E-state index in [9.17, 15) is 4.79 Å². The fourth-order valence-corrected chi connectivity index (χ4v) is 3.60. The number of ether oxygens (including phenoxy) is 1. The second-order valence-corrected chi connectivity index (χ2v) is 8.27. The lowest BCUT2D eigenvalue weighted by Gasteiger charge is -2.35. The summed E-state index contributed by atoms with van der Waals surface area (Å²) in [4.78, 5) is 29.2. The van der Waals surface area contributed by atoms with Crippen molar-refractivity contribution in [2.75, 3.05) is 42.1 Å². The van der Waals surface area contributed by atoms with Crippen molar-refractivity contribution in [3.05, 3.63) is 48.7 Å². The molecule has 3 aromatic rings. The molecule has 4 rings (SSSR count). The number of rotatable bonds is 7. The number of pyridine rings is 1. The van der Waals surface area contributed by atoms with Gasteiger partial charge in [0.05, 0.1) is 17.6 Å². The topological polar surface area (TPSA) is 127 Å². The van der Waals surface area contributed by atoms with Crippen molar-refractivity contribution in [2.45, 2.75) is 27.0 Å². The molecule has 0 radical (unpaired) electrons. The molecular formula is C22H29N9O2. The van der Waals surface area contributed by atoms with Gasteiger partial charge in [0.2, 0.25) is 5.95 Å². The number of nitrogens with two attached hydrogens (primary N) is 1.